The Balaban J connectivity index is 1.90. The molecule has 1 aliphatic carbocycles. The average Bonchev–Trinajstić information content (AvgIpc) is 2.61. The molecule has 0 N–H and O–H groups in total. The van der Waals surface area contributed by atoms with Crippen molar-refractivity contribution in [2.75, 3.05) is 0 Å². The Kier molecular flexibility index (Phi) is 4.96. The van der Waals surface area contributed by atoms with Crippen molar-refractivity contribution >= 4 is 11.7 Å². The SMILES string of the molecule is CCC(=O)CCC(=O)N1Cc2ccccc2C#CC2C=CC=CC21. The van der Waals surface area contributed by atoms with Crippen LogP contribution in [0.15, 0.2) is 48.6 Å². The zero-order valence-corrected chi connectivity index (χ0v) is 13.9. The number of carbonyl (C=O) groups excluding carboxylic acids is 2. The van der Waals surface area contributed by atoms with Crippen LogP contribution in [0.25, 0.3) is 0 Å². The number of amides is 1. The van der Waals surface area contributed by atoms with Crippen molar-refractivity contribution in [1.82, 2.24) is 4.90 Å². The Morgan fingerprint density at radius 1 is 1.17 bits per heavy atom. The van der Waals surface area contributed by atoms with Gasteiger partial charge in [-0.05, 0) is 11.6 Å². The van der Waals surface area contributed by atoms with Crippen molar-refractivity contribution in [3.63, 3.8) is 0 Å². The van der Waals surface area contributed by atoms with Crippen LogP contribution in [-0.2, 0) is 16.1 Å². The van der Waals surface area contributed by atoms with Gasteiger partial charge in [0.05, 0.1) is 12.0 Å². The summed E-state index contributed by atoms with van der Waals surface area (Å²) >= 11 is 0. The minimum atomic E-state index is -0.0694. The molecule has 0 spiro atoms. The molecular weight excluding hydrogens is 298 g/mol. The molecule has 122 valence electrons. The maximum atomic E-state index is 12.8. The first-order valence-corrected chi connectivity index (χ1v) is 8.44. The fourth-order valence-electron chi connectivity index (χ4n) is 3.08. The summed E-state index contributed by atoms with van der Waals surface area (Å²) < 4.78 is 0. The number of Topliss-reactive ketones (excluding diaryl/α,β-unsaturated/α-hetero) is 1. The third kappa shape index (κ3) is 3.49. The summed E-state index contributed by atoms with van der Waals surface area (Å²) in [6.07, 6.45) is 9.09. The van der Waals surface area contributed by atoms with Crippen molar-refractivity contribution < 1.29 is 9.59 Å². The molecule has 1 amide bonds. The number of rotatable bonds is 4. The predicted octanol–water partition coefficient (Wildman–Crippen LogP) is 3.25. The minimum absolute atomic E-state index is 0.00539. The second kappa shape index (κ2) is 7.31. The Labute approximate surface area is 143 Å². The number of nitrogens with zero attached hydrogens (tertiary/aromatic N) is 1. The van der Waals surface area contributed by atoms with Gasteiger partial charge in [0, 0.05) is 31.4 Å². The summed E-state index contributed by atoms with van der Waals surface area (Å²) in [6, 6.07) is 7.88. The standard InChI is InChI=1S/C21H21NO2/c1-2-19(23)13-14-21(24)22-15-18-9-4-3-7-16(18)11-12-17-8-5-6-10-20(17)22/h3-10,17,20H,2,13-15H2,1H3. The molecule has 2 aliphatic rings. The first-order valence-electron chi connectivity index (χ1n) is 8.44. The molecule has 1 aromatic carbocycles. The monoisotopic (exact) mass is 319 g/mol. The lowest BCUT2D eigenvalue weighted by Crippen LogP contribution is -2.43. The van der Waals surface area contributed by atoms with Crippen molar-refractivity contribution in [3.05, 3.63) is 59.7 Å². The van der Waals surface area contributed by atoms with Crippen LogP contribution in [0.5, 0.6) is 0 Å². The molecule has 0 aromatic heterocycles. The van der Waals surface area contributed by atoms with E-state index in [1.165, 1.54) is 0 Å². The lowest BCUT2D eigenvalue weighted by molar-refractivity contribution is -0.135. The Morgan fingerprint density at radius 3 is 2.79 bits per heavy atom. The third-order valence-electron chi connectivity index (χ3n) is 4.53. The first-order chi connectivity index (χ1) is 11.7. The van der Waals surface area contributed by atoms with E-state index in [0.717, 1.165) is 11.1 Å². The molecule has 3 rings (SSSR count). The number of hydrogen-bond acceptors (Lipinski definition) is 2. The number of fused-ring (bicyclic) bond motifs is 2. The van der Waals surface area contributed by atoms with Gasteiger partial charge in [0.1, 0.15) is 5.78 Å². The van der Waals surface area contributed by atoms with E-state index in [-0.39, 0.29) is 30.1 Å². The zero-order chi connectivity index (χ0) is 16.9. The number of ketones is 1. The molecular formula is C21H21NO2. The molecule has 0 radical (unpaired) electrons. The predicted molar refractivity (Wildman–Crippen MR) is 94.0 cm³/mol. The molecule has 1 heterocycles. The van der Waals surface area contributed by atoms with Gasteiger partial charge in [0.25, 0.3) is 0 Å². The Morgan fingerprint density at radius 2 is 1.96 bits per heavy atom. The molecule has 0 saturated carbocycles. The summed E-state index contributed by atoms with van der Waals surface area (Å²) in [6.45, 7) is 2.36. The minimum Gasteiger partial charge on any atom is -0.330 e. The summed E-state index contributed by atoms with van der Waals surface area (Å²) in [5.41, 5.74) is 2.03. The Hall–Kier alpha value is -2.60. The van der Waals surface area contributed by atoms with Crippen LogP contribution in [0.1, 0.15) is 37.3 Å². The average molecular weight is 319 g/mol. The summed E-state index contributed by atoms with van der Waals surface area (Å²) in [4.78, 5) is 26.3. The third-order valence-corrected chi connectivity index (χ3v) is 4.53. The van der Waals surface area contributed by atoms with Crippen molar-refractivity contribution in [2.24, 2.45) is 5.92 Å². The van der Waals surface area contributed by atoms with Crippen LogP contribution in [0, 0.1) is 17.8 Å². The topological polar surface area (TPSA) is 37.4 Å². The lowest BCUT2D eigenvalue weighted by atomic mass is 9.91. The van der Waals surface area contributed by atoms with Gasteiger partial charge < -0.3 is 4.90 Å². The second-order valence-corrected chi connectivity index (χ2v) is 6.13. The molecule has 3 heteroatoms. The van der Waals surface area contributed by atoms with Gasteiger partial charge in [-0.3, -0.25) is 9.59 Å². The van der Waals surface area contributed by atoms with E-state index in [1.54, 1.807) is 0 Å². The lowest BCUT2D eigenvalue weighted by Gasteiger charge is -2.35. The quantitative estimate of drug-likeness (QED) is 0.799. The number of hydrogen-bond donors (Lipinski definition) is 0. The van der Waals surface area contributed by atoms with Gasteiger partial charge >= 0.3 is 0 Å². The normalized spacial score (nSPS) is 21.0. The van der Waals surface area contributed by atoms with Crippen molar-refractivity contribution in [2.45, 2.75) is 38.8 Å². The van der Waals surface area contributed by atoms with Gasteiger partial charge in [-0.1, -0.05) is 61.3 Å². The summed E-state index contributed by atoms with van der Waals surface area (Å²) in [5, 5.41) is 0. The van der Waals surface area contributed by atoms with Crippen LogP contribution in [0.2, 0.25) is 0 Å². The molecule has 1 aliphatic heterocycles. The van der Waals surface area contributed by atoms with Crippen LogP contribution in [-0.4, -0.2) is 22.6 Å². The highest BCUT2D eigenvalue weighted by Gasteiger charge is 2.29. The highest BCUT2D eigenvalue weighted by atomic mass is 16.2. The largest absolute Gasteiger partial charge is 0.330 e. The van der Waals surface area contributed by atoms with Crippen molar-refractivity contribution in [1.29, 1.82) is 0 Å². The number of benzene rings is 1. The fraction of sp³-hybridized carbons (Fsp3) is 0.333. The number of allylic oxidation sites excluding steroid dienone is 2. The molecule has 0 bridgehead atoms. The van der Waals surface area contributed by atoms with Crippen molar-refractivity contribution in [3.8, 4) is 11.8 Å². The van der Waals surface area contributed by atoms with E-state index in [9.17, 15) is 9.59 Å². The molecule has 0 fully saturated rings. The van der Waals surface area contributed by atoms with Gasteiger partial charge in [0.2, 0.25) is 5.91 Å². The van der Waals surface area contributed by atoms with Gasteiger partial charge in [-0.15, -0.1) is 0 Å². The van der Waals surface area contributed by atoms with E-state index >= 15 is 0 Å². The highest BCUT2D eigenvalue weighted by molar-refractivity contribution is 5.85. The summed E-state index contributed by atoms with van der Waals surface area (Å²) in [7, 11) is 0. The molecule has 2 atom stereocenters. The molecule has 2 unspecified atom stereocenters. The molecule has 1 aromatic rings. The highest BCUT2D eigenvalue weighted by Crippen LogP contribution is 2.25. The Bertz CT molecular complexity index is 764. The fourth-order valence-corrected chi connectivity index (χ4v) is 3.08. The first kappa shape index (κ1) is 16.3. The van der Waals surface area contributed by atoms with Crippen LogP contribution in [0.3, 0.4) is 0 Å². The van der Waals surface area contributed by atoms with Gasteiger partial charge in [0.15, 0.2) is 0 Å². The maximum absolute atomic E-state index is 12.8. The van der Waals surface area contributed by atoms with E-state index in [1.807, 2.05) is 60.4 Å². The van der Waals surface area contributed by atoms with E-state index < -0.39 is 0 Å². The van der Waals surface area contributed by atoms with Crippen LogP contribution in [0.4, 0.5) is 0 Å². The molecule has 0 saturated heterocycles. The van der Waals surface area contributed by atoms with E-state index in [4.69, 9.17) is 0 Å². The molecule has 3 nitrogen and oxygen atoms in total. The van der Waals surface area contributed by atoms with E-state index in [0.29, 0.717) is 19.4 Å². The van der Waals surface area contributed by atoms with E-state index in [2.05, 4.69) is 11.8 Å². The smallest absolute Gasteiger partial charge is 0.223 e. The van der Waals surface area contributed by atoms with Crippen LogP contribution >= 0.6 is 0 Å². The second-order valence-electron chi connectivity index (χ2n) is 6.13. The zero-order valence-electron chi connectivity index (χ0n) is 13.9. The van der Waals surface area contributed by atoms with Gasteiger partial charge in [-0.2, -0.15) is 0 Å². The summed E-state index contributed by atoms with van der Waals surface area (Å²) in [5.74, 6) is 6.69. The van der Waals surface area contributed by atoms with Gasteiger partial charge in [-0.25, -0.2) is 0 Å². The molecule has 24 heavy (non-hydrogen) atoms. The number of carbonyl (C=O) groups is 2. The van der Waals surface area contributed by atoms with Crippen LogP contribution < -0.4 is 0 Å². The maximum Gasteiger partial charge on any atom is 0.223 e.